The molecule has 1 aliphatic rings. The minimum atomic E-state index is -0.378. The van der Waals surface area contributed by atoms with E-state index in [-0.39, 0.29) is 11.6 Å². The summed E-state index contributed by atoms with van der Waals surface area (Å²) in [6, 6.07) is 12.5. The molecule has 2 heterocycles. The summed E-state index contributed by atoms with van der Waals surface area (Å²) in [4.78, 5) is 0. The molecule has 7 heteroatoms. The first kappa shape index (κ1) is 14.1. The quantitative estimate of drug-likeness (QED) is 0.722. The van der Waals surface area contributed by atoms with Gasteiger partial charge in [0.25, 0.3) is 0 Å². The topological polar surface area (TPSA) is 43.1 Å². The Balaban J connectivity index is 1.81. The molecular weight excluding hydrogens is 318 g/mol. The summed E-state index contributed by atoms with van der Waals surface area (Å²) < 4.78 is 28.6. The van der Waals surface area contributed by atoms with Crippen molar-refractivity contribution >= 4 is 17.5 Å². The summed E-state index contributed by atoms with van der Waals surface area (Å²) in [5.41, 5.74) is 1.92. The molecule has 114 valence electrons. The molecule has 0 saturated heterocycles. The number of hydrogen-bond donors (Lipinski definition) is 0. The first-order chi connectivity index (χ1) is 11.2. The maximum atomic E-state index is 14.0. The Labute approximate surface area is 134 Å². The molecule has 1 aromatic heterocycles. The highest BCUT2D eigenvalue weighted by molar-refractivity contribution is 7.99. The van der Waals surface area contributed by atoms with Crippen molar-refractivity contribution in [1.82, 2.24) is 14.9 Å². The molecule has 4 nitrogen and oxygen atoms in total. The Kier molecular flexibility index (Phi) is 3.42. The van der Waals surface area contributed by atoms with Crippen molar-refractivity contribution in [3.05, 3.63) is 65.7 Å². The van der Waals surface area contributed by atoms with Crippen LogP contribution in [0.3, 0.4) is 0 Å². The lowest BCUT2D eigenvalue weighted by Crippen LogP contribution is -2.14. The van der Waals surface area contributed by atoms with E-state index in [1.54, 1.807) is 30.3 Å². The molecule has 0 fully saturated rings. The van der Waals surface area contributed by atoms with Crippen molar-refractivity contribution in [1.29, 1.82) is 0 Å². The molecular formula is C16H10F2N4S. The second-order valence-corrected chi connectivity index (χ2v) is 5.88. The van der Waals surface area contributed by atoms with Gasteiger partial charge in [-0.2, -0.15) is 9.78 Å². The number of rotatable bonds is 2. The zero-order valence-corrected chi connectivity index (χ0v) is 12.6. The van der Waals surface area contributed by atoms with Crippen LogP contribution in [0.15, 0.2) is 58.8 Å². The summed E-state index contributed by atoms with van der Waals surface area (Å²) in [5, 5.41) is 13.2. The number of thioether (sulfide) groups is 1. The summed E-state index contributed by atoms with van der Waals surface area (Å²) in [6.45, 7) is 0. The zero-order chi connectivity index (χ0) is 15.8. The molecule has 0 bridgehead atoms. The van der Waals surface area contributed by atoms with Crippen molar-refractivity contribution < 1.29 is 8.78 Å². The summed E-state index contributed by atoms with van der Waals surface area (Å²) >= 11 is 1.46. The van der Waals surface area contributed by atoms with E-state index < -0.39 is 0 Å². The van der Waals surface area contributed by atoms with Gasteiger partial charge in [0.2, 0.25) is 5.16 Å². The zero-order valence-electron chi connectivity index (χ0n) is 11.8. The molecule has 0 saturated carbocycles. The Hall–Kier alpha value is -2.54. The van der Waals surface area contributed by atoms with Gasteiger partial charge < -0.3 is 0 Å². The predicted octanol–water partition coefficient (Wildman–Crippen LogP) is 3.58. The highest BCUT2D eigenvalue weighted by atomic mass is 32.2. The van der Waals surface area contributed by atoms with Crippen LogP contribution >= 0.6 is 11.8 Å². The van der Waals surface area contributed by atoms with Gasteiger partial charge in [-0.15, -0.1) is 10.2 Å². The highest BCUT2D eigenvalue weighted by Crippen LogP contribution is 2.29. The molecule has 0 spiro atoms. The monoisotopic (exact) mass is 328 g/mol. The average Bonchev–Trinajstić information content (AvgIpc) is 2.99. The lowest BCUT2D eigenvalue weighted by Gasteiger charge is -2.14. The van der Waals surface area contributed by atoms with Crippen LogP contribution < -0.4 is 0 Å². The fraction of sp³-hybridized carbons (Fsp3) is 0.0625. The van der Waals surface area contributed by atoms with E-state index in [9.17, 15) is 8.78 Å². The van der Waals surface area contributed by atoms with Gasteiger partial charge >= 0.3 is 0 Å². The van der Waals surface area contributed by atoms with Gasteiger partial charge in [-0.1, -0.05) is 36.0 Å². The summed E-state index contributed by atoms with van der Waals surface area (Å²) in [5.74, 6) is 0.276. The largest absolute Gasteiger partial charge is 0.212 e. The number of halogens is 2. The fourth-order valence-electron chi connectivity index (χ4n) is 2.32. The minimum Gasteiger partial charge on any atom is -0.207 e. The van der Waals surface area contributed by atoms with Crippen LogP contribution in [0.1, 0.15) is 5.56 Å². The summed E-state index contributed by atoms with van der Waals surface area (Å²) in [7, 11) is 0. The molecule has 0 radical (unpaired) electrons. The van der Waals surface area contributed by atoms with E-state index in [0.29, 0.717) is 22.3 Å². The molecule has 0 N–H and O–H groups in total. The van der Waals surface area contributed by atoms with E-state index in [4.69, 9.17) is 0 Å². The smallest absolute Gasteiger partial charge is 0.207 e. The first-order valence-electron chi connectivity index (χ1n) is 6.89. The highest BCUT2D eigenvalue weighted by Gasteiger charge is 2.22. The number of aromatic nitrogens is 3. The van der Waals surface area contributed by atoms with E-state index in [2.05, 4.69) is 15.3 Å². The van der Waals surface area contributed by atoms with Crippen molar-refractivity contribution in [3.63, 3.8) is 0 Å². The van der Waals surface area contributed by atoms with Crippen molar-refractivity contribution in [2.45, 2.75) is 5.16 Å². The van der Waals surface area contributed by atoms with E-state index >= 15 is 0 Å². The third-order valence-electron chi connectivity index (χ3n) is 3.46. The molecule has 0 atom stereocenters. The molecule has 2 aromatic carbocycles. The number of fused-ring (bicyclic) bond motifs is 1. The lowest BCUT2D eigenvalue weighted by molar-refractivity contribution is 0.627. The Morgan fingerprint density at radius 1 is 0.957 bits per heavy atom. The van der Waals surface area contributed by atoms with Crippen molar-refractivity contribution in [2.75, 3.05) is 5.75 Å². The van der Waals surface area contributed by atoms with E-state index in [0.717, 1.165) is 11.3 Å². The van der Waals surface area contributed by atoms with Gasteiger partial charge in [0.15, 0.2) is 5.82 Å². The maximum Gasteiger partial charge on any atom is 0.212 e. The van der Waals surface area contributed by atoms with Crippen LogP contribution in [0.25, 0.3) is 11.4 Å². The Morgan fingerprint density at radius 3 is 2.52 bits per heavy atom. The predicted molar refractivity (Wildman–Crippen MR) is 84.5 cm³/mol. The van der Waals surface area contributed by atoms with Gasteiger partial charge in [-0.25, -0.2) is 8.78 Å². The van der Waals surface area contributed by atoms with E-state index in [1.165, 1.54) is 34.6 Å². The molecule has 1 aliphatic heterocycles. The molecule has 23 heavy (non-hydrogen) atoms. The number of hydrogen-bond acceptors (Lipinski definition) is 4. The Bertz CT molecular complexity index is 903. The van der Waals surface area contributed by atoms with Gasteiger partial charge in [0.05, 0.1) is 11.3 Å². The van der Waals surface area contributed by atoms with Crippen LogP contribution in [0.5, 0.6) is 0 Å². The fourth-order valence-corrected chi connectivity index (χ4v) is 3.16. The standard InChI is InChI=1S/C16H10F2N4S/c17-11-7-5-10(6-8-11)14-9-23-16-20-19-15(22(16)21-14)12-3-1-2-4-13(12)18/h1-8H,9H2. The second kappa shape index (κ2) is 5.58. The number of benzene rings is 2. The van der Waals surface area contributed by atoms with Crippen molar-refractivity contribution in [3.8, 4) is 11.4 Å². The van der Waals surface area contributed by atoms with Gasteiger partial charge in [-0.05, 0) is 29.8 Å². The molecule has 3 aromatic rings. The van der Waals surface area contributed by atoms with Crippen LogP contribution in [0, 0.1) is 11.6 Å². The first-order valence-corrected chi connectivity index (χ1v) is 7.88. The Morgan fingerprint density at radius 2 is 1.74 bits per heavy atom. The average molecular weight is 328 g/mol. The van der Waals surface area contributed by atoms with E-state index in [1.807, 2.05) is 0 Å². The van der Waals surface area contributed by atoms with Crippen LogP contribution in [0.2, 0.25) is 0 Å². The third kappa shape index (κ3) is 2.53. The molecule has 0 amide bonds. The van der Waals surface area contributed by atoms with Gasteiger partial charge in [0.1, 0.15) is 11.6 Å². The van der Waals surface area contributed by atoms with Crippen molar-refractivity contribution in [2.24, 2.45) is 5.10 Å². The third-order valence-corrected chi connectivity index (χ3v) is 4.39. The van der Waals surface area contributed by atoms with Gasteiger partial charge in [0, 0.05) is 5.75 Å². The summed E-state index contributed by atoms with van der Waals surface area (Å²) in [6.07, 6.45) is 0. The van der Waals surface area contributed by atoms with Gasteiger partial charge in [-0.3, -0.25) is 0 Å². The second-order valence-electron chi connectivity index (χ2n) is 4.94. The minimum absolute atomic E-state index is 0.296. The van der Waals surface area contributed by atoms with Crippen LogP contribution in [-0.2, 0) is 0 Å². The normalized spacial score (nSPS) is 13.6. The van der Waals surface area contributed by atoms with Crippen LogP contribution in [0.4, 0.5) is 8.78 Å². The van der Waals surface area contributed by atoms with Crippen LogP contribution in [-0.4, -0.2) is 26.3 Å². The maximum absolute atomic E-state index is 14.0. The molecule has 0 unspecified atom stereocenters. The molecule has 4 rings (SSSR count). The number of nitrogens with zero attached hydrogens (tertiary/aromatic N) is 4. The lowest BCUT2D eigenvalue weighted by atomic mass is 10.1. The SMILES string of the molecule is Fc1ccc(C2=Nn3c(nnc3-c3ccccc3F)SC2)cc1. The molecule has 0 aliphatic carbocycles.